The minimum Gasteiger partial charge on any atom is -0.318 e. The first-order chi connectivity index (χ1) is 8.16. The quantitative estimate of drug-likeness (QED) is 0.892. The number of rotatable bonds is 2. The van der Waals surface area contributed by atoms with Crippen molar-refractivity contribution in [3.05, 3.63) is 53.3 Å². The van der Waals surface area contributed by atoms with Gasteiger partial charge in [0.15, 0.2) is 5.82 Å². The van der Waals surface area contributed by atoms with E-state index in [9.17, 15) is 9.18 Å². The normalized spacial score (nSPS) is 10.0. The van der Waals surface area contributed by atoms with E-state index in [4.69, 9.17) is 11.6 Å². The zero-order valence-corrected chi connectivity index (χ0v) is 9.28. The molecule has 0 bridgehead atoms. The van der Waals surface area contributed by atoms with Gasteiger partial charge in [-0.15, -0.1) is 0 Å². The summed E-state index contributed by atoms with van der Waals surface area (Å²) in [4.78, 5) is 19.1. The molecule has 0 aliphatic carbocycles. The van der Waals surface area contributed by atoms with Crippen LogP contribution in [0.4, 0.5) is 10.1 Å². The zero-order valence-electron chi connectivity index (χ0n) is 8.52. The van der Waals surface area contributed by atoms with E-state index in [1.807, 2.05) is 0 Å². The minimum absolute atomic E-state index is 0.0479. The van der Waals surface area contributed by atoms with Crippen LogP contribution in [0.2, 0.25) is 5.02 Å². The molecule has 4 nitrogen and oxygen atoms in total. The predicted octanol–water partition coefficient (Wildman–Crippen LogP) is 2.52. The molecule has 0 fully saturated rings. The highest BCUT2D eigenvalue weighted by molar-refractivity contribution is 6.30. The highest BCUT2D eigenvalue weighted by Crippen LogP contribution is 2.13. The van der Waals surface area contributed by atoms with Crippen LogP contribution < -0.4 is 5.32 Å². The second kappa shape index (κ2) is 4.88. The average molecular weight is 252 g/mol. The number of aromatic nitrogens is 2. The Morgan fingerprint density at radius 3 is 2.88 bits per heavy atom. The monoisotopic (exact) mass is 251 g/mol. The van der Waals surface area contributed by atoms with Gasteiger partial charge >= 0.3 is 0 Å². The number of amides is 1. The Balaban J connectivity index is 2.20. The predicted molar refractivity (Wildman–Crippen MR) is 61.4 cm³/mol. The number of carbonyl (C=O) groups excluding carboxylic acids is 1. The van der Waals surface area contributed by atoms with Gasteiger partial charge in [0.05, 0.1) is 11.9 Å². The van der Waals surface area contributed by atoms with Gasteiger partial charge in [-0.3, -0.25) is 14.8 Å². The fourth-order valence-corrected chi connectivity index (χ4v) is 1.35. The SMILES string of the molecule is O=C(Nc1ccncc1F)c1cc(Cl)ccn1. The van der Waals surface area contributed by atoms with Gasteiger partial charge in [0.1, 0.15) is 5.69 Å². The molecule has 2 aromatic heterocycles. The summed E-state index contributed by atoms with van der Waals surface area (Å²) in [7, 11) is 0. The van der Waals surface area contributed by atoms with Gasteiger partial charge in [-0.2, -0.15) is 0 Å². The van der Waals surface area contributed by atoms with Gasteiger partial charge in [-0.05, 0) is 18.2 Å². The lowest BCUT2D eigenvalue weighted by molar-refractivity contribution is 0.102. The van der Waals surface area contributed by atoms with Gasteiger partial charge in [0.2, 0.25) is 0 Å². The van der Waals surface area contributed by atoms with E-state index in [-0.39, 0.29) is 11.4 Å². The summed E-state index contributed by atoms with van der Waals surface area (Å²) in [6, 6.07) is 4.30. The van der Waals surface area contributed by atoms with Crippen LogP contribution in [0.25, 0.3) is 0 Å². The molecule has 0 spiro atoms. The van der Waals surface area contributed by atoms with E-state index >= 15 is 0 Å². The zero-order chi connectivity index (χ0) is 12.3. The van der Waals surface area contributed by atoms with Crippen molar-refractivity contribution in [2.24, 2.45) is 0 Å². The maximum absolute atomic E-state index is 13.2. The Labute approximate surface area is 101 Å². The van der Waals surface area contributed by atoms with E-state index in [1.165, 1.54) is 24.5 Å². The van der Waals surface area contributed by atoms with E-state index in [0.717, 1.165) is 6.20 Å². The molecule has 0 aliphatic heterocycles. The third-order valence-electron chi connectivity index (χ3n) is 1.98. The molecule has 0 aliphatic rings. The number of hydrogen-bond donors (Lipinski definition) is 1. The van der Waals surface area contributed by atoms with E-state index < -0.39 is 11.7 Å². The van der Waals surface area contributed by atoms with Crippen molar-refractivity contribution in [3.63, 3.8) is 0 Å². The van der Waals surface area contributed by atoms with Crippen LogP contribution in [-0.4, -0.2) is 15.9 Å². The van der Waals surface area contributed by atoms with Gasteiger partial charge in [0.25, 0.3) is 5.91 Å². The van der Waals surface area contributed by atoms with Gasteiger partial charge < -0.3 is 5.32 Å². The van der Waals surface area contributed by atoms with Crippen LogP contribution in [0.15, 0.2) is 36.8 Å². The molecule has 2 aromatic rings. The van der Waals surface area contributed by atoms with Gasteiger partial charge in [-0.1, -0.05) is 11.6 Å². The second-order valence-corrected chi connectivity index (χ2v) is 3.61. The first kappa shape index (κ1) is 11.5. The van der Waals surface area contributed by atoms with Crippen molar-refractivity contribution in [1.29, 1.82) is 0 Å². The summed E-state index contributed by atoms with van der Waals surface area (Å²) in [5, 5.41) is 2.77. The summed E-state index contributed by atoms with van der Waals surface area (Å²) in [5.41, 5.74) is 0.167. The molecule has 2 heterocycles. The maximum Gasteiger partial charge on any atom is 0.274 e. The summed E-state index contributed by atoms with van der Waals surface area (Å²) in [6.45, 7) is 0. The first-order valence-electron chi connectivity index (χ1n) is 4.69. The first-order valence-corrected chi connectivity index (χ1v) is 5.07. The molecule has 0 aromatic carbocycles. The van der Waals surface area contributed by atoms with Crippen molar-refractivity contribution in [2.45, 2.75) is 0 Å². The van der Waals surface area contributed by atoms with Crippen molar-refractivity contribution < 1.29 is 9.18 Å². The molecule has 0 unspecified atom stereocenters. The topological polar surface area (TPSA) is 54.9 Å². The Kier molecular flexibility index (Phi) is 3.30. The average Bonchev–Trinajstić information content (AvgIpc) is 2.32. The lowest BCUT2D eigenvalue weighted by Gasteiger charge is -2.05. The fourth-order valence-electron chi connectivity index (χ4n) is 1.19. The van der Waals surface area contributed by atoms with Crippen molar-refractivity contribution in [3.8, 4) is 0 Å². The molecule has 2 rings (SSSR count). The molecule has 0 saturated heterocycles. The van der Waals surface area contributed by atoms with Crippen molar-refractivity contribution >= 4 is 23.2 Å². The Bertz CT molecular complexity index is 562. The van der Waals surface area contributed by atoms with E-state index in [1.54, 1.807) is 6.07 Å². The number of nitrogens with one attached hydrogen (secondary N) is 1. The third-order valence-corrected chi connectivity index (χ3v) is 2.21. The minimum atomic E-state index is -0.608. The van der Waals surface area contributed by atoms with Crippen LogP contribution in [0.1, 0.15) is 10.5 Å². The lowest BCUT2D eigenvalue weighted by atomic mass is 10.3. The standard InChI is InChI=1S/C11H7ClFN3O/c12-7-1-4-15-10(5-7)11(17)16-9-2-3-14-6-8(9)13/h1-6H,(H,14,16,17). The number of halogens is 2. The van der Waals surface area contributed by atoms with Gasteiger partial charge in [-0.25, -0.2) is 4.39 Å². The highest BCUT2D eigenvalue weighted by atomic mass is 35.5. The summed E-state index contributed by atoms with van der Waals surface area (Å²) in [5.74, 6) is -1.14. The maximum atomic E-state index is 13.2. The number of anilines is 1. The van der Waals surface area contributed by atoms with Crippen molar-refractivity contribution in [1.82, 2.24) is 9.97 Å². The van der Waals surface area contributed by atoms with Crippen LogP contribution in [0.5, 0.6) is 0 Å². The molecule has 17 heavy (non-hydrogen) atoms. The lowest BCUT2D eigenvalue weighted by Crippen LogP contribution is -2.14. The summed E-state index contributed by atoms with van der Waals surface area (Å²) < 4.78 is 13.2. The van der Waals surface area contributed by atoms with Crippen LogP contribution in [0.3, 0.4) is 0 Å². The number of carbonyl (C=O) groups is 1. The van der Waals surface area contributed by atoms with Crippen LogP contribution in [-0.2, 0) is 0 Å². The number of nitrogens with zero attached hydrogens (tertiary/aromatic N) is 2. The molecular weight excluding hydrogens is 245 g/mol. The van der Waals surface area contributed by atoms with E-state index in [2.05, 4.69) is 15.3 Å². The number of pyridine rings is 2. The van der Waals surface area contributed by atoms with E-state index in [0.29, 0.717) is 5.02 Å². The molecular formula is C11H7ClFN3O. The smallest absolute Gasteiger partial charge is 0.274 e. The van der Waals surface area contributed by atoms with Crippen LogP contribution >= 0.6 is 11.6 Å². The Morgan fingerprint density at radius 2 is 2.18 bits per heavy atom. The molecule has 1 amide bonds. The Morgan fingerprint density at radius 1 is 1.35 bits per heavy atom. The molecule has 1 N–H and O–H groups in total. The summed E-state index contributed by atoms with van der Waals surface area (Å²) in [6.07, 6.45) is 3.80. The second-order valence-electron chi connectivity index (χ2n) is 3.17. The van der Waals surface area contributed by atoms with Crippen molar-refractivity contribution in [2.75, 3.05) is 5.32 Å². The van der Waals surface area contributed by atoms with Crippen LogP contribution in [0, 0.1) is 5.82 Å². The molecule has 0 atom stereocenters. The Hall–Kier alpha value is -2.01. The summed E-state index contributed by atoms with van der Waals surface area (Å²) >= 11 is 5.72. The number of hydrogen-bond acceptors (Lipinski definition) is 3. The molecule has 6 heteroatoms. The highest BCUT2D eigenvalue weighted by Gasteiger charge is 2.10. The molecule has 0 saturated carbocycles. The largest absolute Gasteiger partial charge is 0.318 e. The third kappa shape index (κ3) is 2.76. The van der Waals surface area contributed by atoms with Gasteiger partial charge in [0, 0.05) is 17.4 Å². The molecule has 0 radical (unpaired) electrons. The fraction of sp³-hybridized carbons (Fsp3) is 0. The molecule has 86 valence electrons.